The highest BCUT2D eigenvalue weighted by atomic mass is 16.5. The highest BCUT2D eigenvalue weighted by Crippen LogP contribution is 2.22. The van der Waals surface area contributed by atoms with E-state index in [0.717, 1.165) is 6.42 Å². The summed E-state index contributed by atoms with van der Waals surface area (Å²) in [4.78, 5) is 10.6. The zero-order valence-corrected chi connectivity index (χ0v) is 16.7. The van der Waals surface area contributed by atoms with Crippen LogP contribution in [-0.4, -0.2) is 18.0 Å². The fourth-order valence-electron chi connectivity index (χ4n) is 3.20. The van der Waals surface area contributed by atoms with Gasteiger partial charge >= 0.3 is 0 Å². The number of rotatable bonds is 17. The summed E-state index contributed by atoms with van der Waals surface area (Å²) in [5.74, 6) is 0.612. The number of carbonyl (C=O) groups excluding carboxylic acids is 1. The van der Waals surface area contributed by atoms with Crippen molar-refractivity contribution in [2.45, 2.75) is 96.8 Å². The van der Waals surface area contributed by atoms with Crippen molar-refractivity contribution < 1.29 is 14.6 Å². The molecule has 26 heavy (non-hydrogen) atoms. The molecule has 3 nitrogen and oxygen atoms in total. The second-order valence-electron chi connectivity index (χ2n) is 7.28. The Hall–Kier alpha value is -1.51. The summed E-state index contributed by atoms with van der Waals surface area (Å²) in [5.41, 5.74) is 0.300. The van der Waals surface area contributed by atoms with Gasteiger partial charge in [0.25, 0.3) is 0 Å². The lowest BCUT2D eigenvalue weighted by molar-refractivity contribution is 0.112. The van der Waals surface area contributed by atoms with Crippen LogP contribution in [0.3, 0.4) is 0 Å². The van der Waals surface area contributed by atoms with Gasteiger partial charge in [0.05, 0.1) is 12.2 Å². The fraction of sp³-hybridized carbons (Fsp3) is 0.696. The molecule has 0 heterocycles. The molecule has 1 aromatic carbocycles. The van der Waals surface area contributed by atoms with Crippen LogP contribution in [0.2, 0.25) is 0 Å². The lowest BCUT2D eigenvalue weighted by atomic mass is 10.0. The van der Waals surface area contributed by atoms with Crippen LogP contribution in [0.1, 0.15) is 107 Å². The van der Waals surface area contributed by atoms with Crippen LogP contribution in [-0.2, 0) is 0 Å². The zero-order chi connectivity index (χ0) is 18.9. The maximum Gasteiger partial charge on any atom is 0.153 e. The molecule has 0 aliphatic rings. The van der Waals surface area contributed by atoms with Crippen LogP contribution in [0.5, 0.6) is 11.5 Å². The number of hydrogen-bond donors (Lipinski definition) is 1. The van der Waals surface area contributed by atoms with Gasteiger partial charge in [-0.3, -0.25) is 4.79 Å². The molecule has 0 unspecified atom stereocenters. The van der Waals surface area contributed by atoms with Gasteiger partial charge < -0.3 is 9.84 Å². The number of aldehydes is 1. The van der Waals surface area contributed by atoms with Crippen LogP contribution in [0.4, 0.5) is 0 Å². The number of phenols is 1. The van der Waals surface area contributed by atoms with E-state index in [1.165, 1.54) is 89.5 Å². The van der Waals surface area contributed by atoms with Crippen molar-refractivity contribution in [2.24, 2.45) is 0 Å². The second kappa shape index (κ2) is 15.7. The molecule has 0 bridgehead atoms. The molecule has 0 amide bonds. The lowest BCUT2D eigenvalue weighted by Crippen LogP contribution is -1.97. The first kappa shape index (κ1) is 22.5. The Morgan fingerprint density at radius 2 is 1.31 bits per heavy atom. The van der Waals surface area contributed by atoms with Crippen LogP contribution in [0.25, 0.3) is 0 Å². The first-order valence-electron chi connectivity index (χ1n) is 10.7. The Balaban J connectivity index is 1.85. The Kier molecular flexibility index (Phi) is 13.6. The molecule has 0 aromatic heterocycles. The minimum atomic E-state index is -0.0153. The van der Waals surface area contributed by atoms with Gasteiger partial charge in [-0.05, 0) is 18.6 Å². The predicted molar refractivity (Wildman–Crippen MR) is 109 cm³/mol. The van der Waals surface area contributed by atoms with Crippen LogP contribution in [0, 0.1) is 0 Å². The molecule has 0 aliphatic heterocycles. The summed E-state index contributed by atoms with van der Waals surface area (Å²) in [5, 5.41) is 9.61. The lowest BCUT2D eigenvalue weighted by Gasteiger charge is -2.07. The van der Waals surface area contributed by atoms with Gasteiger partial charge in [0.2, 0.25) is 0 Å². The number of benzene rings is 1. The van der Waals surface area contributed by atoms with Crippen molar-refractivity contribution in [3.05, 3.63) is 23.8 Å². The van der Waals surface area contributed by atoms with Crippen molar-refractivity contribution in [3.63, 3.8) is 0 Å². The summed E-state index contributed by atoms with van der Waals surface area (Å²) < 4.78 is 5.62. The van der Waals surface area contributed by atoms with Gasteiger partial charge in [-0.2, -0.15) is 0 Å². The van der Waals surface area contributed by atoms with Crippen LogP contribution >= 0.6 is 0 Å². The molecular formula is C23H38O3. The summed E-state index contributed by atoms with van der Waals surface area (Å²) in [6.45, 7) is 2.94. The standard InChI is InChI=1S/C23H38O3/c1-2-3-4-5-6-7-8-9-10-11-12-13-14-15-18-26-22-17-16-21(20-24)23(25)19-22/h16-17,19-20,25H,2-15,18H2,1H3. The topological polar surface area (TPSA) is 46.5 Å². The number of ether oxygens (including phenoxy) is 1. The molecule has 0 aliphatic carbocycles. The molecule has 3 heteroatoms. The first-order chi connectivity index (χ1) is 12.8. The van der Waals surface area contributed by atoms with Crippen molar-refractivity contribution in [1.82, 2.24) is 0 Å². The van der Waals surface area contributed by atoms with E-state index in [2.05, 4.69) is 6.92 Å². The van der Waals surface area contributed by atoms with E-state index in [-0.39, 0.29) is 5.75 Å². The molecule has 0 spiro atoms. The largest absolute Gasteiger partial charge is 0.507 e. The number of phenolic OH excluding ortho intramolecular Hbond substituents is 1. The highest BCUT2D eigenvalue weighted by molar-refractivity contribution is 5.79. The van der Waals surface area contributed by atoms with E-state index in [1.807, 2.05) is 0 Å². The molecule has 0 fully saturated rings. The van der Waals surface area contributed by atoms with Gasteiger partial charge in [0.1, 0.15) is 11.5 Å². The minimum absolute atomic E-state index is 0.0153. The van der Waals surface area contributed by atoms with E-state index in [0.29, 0.717) is 24.2 Å². The van der Waals surface area contributed by atoms with Gasteiger partial charge in [0, 0.05) is 6.07 Å². The summed E-state index contributed by atoms with van der Waals surface area (Å²) in [7, 11) is 0. The van der Waals surface area contributed by atoms with Crippen molar-refractivity contribution in [2.75, 3.05) is 6.61 Å². The molecule has 1 rings (SSSR count). The number of carbonyl (C=O) groups is 1. The molecule has 0 radical (unpaired) electrons. The molecule has 1 aromatic rings. The maximum atomic E-state index is 10.6. The molecule has 148 valence electrons. The first-order valence-corrected chi connectivity index (χ1v) is 10.7. The third kappa shape index (κ3) is 11.2. The van der Waals surface area contributed by atoms with Crippen molar-refractivity contribution in [1.29, 1.82) is 0 Å². The van der Waals surface area contributed by atoms with Gasteiger partial charge in [-0.15, -0.1) is 0 Å². The molecule has 0 saturated carbocycles. The SMILES string of the molecule is CCCCCCCCCCCCCCCCOc1ccc(C=O)c(O)c1. The summed E-state index contributed by atoms with van der Waals surface area (Å²) in [6, 6.07) is 4.82. The summed E-state index contributed by atoms with van der Waals surface area (Å²) in [6.07, 6.45) is 19.5. The Bertz CT molecular complexity index is 471. The van der Waals surface area contributed by atoms with Crippen molar-refractivity contribution in [3.8, 4) is 11.5 Å². The highest BCUT2D eigenvalue weighted by Gasteiger charge is 2.02. The smallest absolute Gasteiger partial charge is 0.153 e. The predicted octanol–water partition coefficient (Wildman–Crippen LogP) is 7.06. The molecule has 1 N–H and O–H groups in total. The third-order valence-corrected chi connectivity index (χ3v) is 4.90. The van der Waals surface area contributed by atoms with Gasteiger partial charge in [-0.1, -0.05) is 90.4 Å². The van der Waals surface area contributed by atoms with E-state index in [1.54, 1.807) is 12.1 Å². The van der Waals surface area contributed by atoms with Gasteiger partial charge in [-0.25, -0.2) is 0 Å². The van der Waals surface area contributed by atoms with E-state index in [4.69, 9.17) is 4.74 Å². The molecular weight excluding hydrogens is 324 g/mol. The zero-order valence-electron chi connectivity index (χ0n) is 16.7. The van der Waals surface area contributed by atoms with Crippen molar-refractivity contribution >= 4 is 6.29 Å². The summed E-state index contributed by atoms with van der Waals surface area (Å²) >= 11 is 0. The van der Waals surface area contributed by atoms with Crippen LogP contribution < -0.4 is 4.74 Å². The normalized spacial score (nSPS) is 10.8. The van der Waals surface area contributed by atoms with E-state index in [9.17, 15) is 9.90 Å². The Morgan fingerprint density at radius 1 is 0.808 bits per heavy atom. The minimum Gasteiger partial charge on any atom is -0.507 e. The molecule has 0 saturated heterocycles. The Morgan fingerprint density at radius 3 is 1.77 bits per heavy atom. The van der Waals surface area contributed by atoms with E-state index >= 15 is 0 Å². The number of hydrogen-bond acceptors (Lipinski definition) is 3. The average Bonchev–Trinajstić information content (AvgIpc) is 2.65. The monoisotopic (exact) mass is 362 g/mol. The number of unbranched alkanes of at least 4 members (excludes halogenated alkanes) is 13. The van der Waals surface area contributed by atoms with Crippen LogP contribution in [0.15, 0.2) is 18.2 Å². The Labute approximate surface area is 160 Å². The second-order valence-corrected chi connectivity index (χ2v) is 7.28. The average molecular weight is 363 g/mol. The number of aromatic hydroxyl groups is 1. The maximum absolute atomic E-state index is 10.6. The van der Waals surface area contributed by atoms with Gasteiger partial charge in [0.15, 0.2) is 6.29 Å². The van der Waals surface area contributed by atoms with E-state index < -0.39 is 0 Å². The quantitative estimate of drug-likeness (QED) is 0.238. The third-order valence-electron chi connectivity index (χ3n) is 4.90. The fourth-order valence-corrected chi connectivity index (χ4v) is 3.20. The molecule has 0 atom stereocenters.